The number of fused-ring (bicyclic) bond motifs is 3. The van der Waals surface area contributed by atoms with E-state index in [-0.39, 0.29) is 0 Å². The summed E-state index contributed by atoms with van der Waals surface area (Å²) in [6.45, 7) is 7.99. The van der Waals surface area contributed by atoms with E-state index in [2.05, 4.69) is 78.4 Å². The molecule has 3 nitrogen and oxygen atoms in total. The van der Waals surface area contributed by atoms with E-state index in [4.69, 9.17) is 11.4 Å². The molecule has 0 amide bonds. The summed E-state index contributed by atoms with van der Waals surface area (Å²) in [5, 5.41) is 2.38. The highest BCUT2D eigenvalue weighted by Gasteiger charge is 2.13. The molecule has 1 atom stereocenters. The van der Waals surface area contributed by atoms with Crippen LogP contribution in [0.15, 0.2) is 79.0 Å². The third kappa shape index (κ3) is 6.22. The van der Waals surface area contributed by atoms with Crippen LogP contribution < -0.4 is 0 Å². The minimum Gasteiger partial charge on any atom is -0.340 e. The second kappa shape index (κ2) is 12.0. The lowest BCUT2D eigenvalue weighted by Crippen LogP contribution is -2.04. The molecule has 3 heterocycles. The summed E-state index contributed by atoms with van der Waals surface area (Å²) in [5.74, 6) is 10.9. The number of aryl methyl sites for hydroxylation is 1. The zero-order chi connectivity index (χ0) is 27.2. The van der Waals surface area contributed by atoms with Gasteiger partial charge in [0.2, 0.25) is 0 Å². The predicted octanol–water partition coefficient (Wildman–Crippen LogP) is 8.49. The van der Waals surface area contributed by atoms with Crippen LogP contribution in [0.3, 0.4) is 0 Å². The zero-order valence-corrected chi connectivity index (χ0v) is 23.1. The van der Waals surface area contributed by atoms with Gasteiger partial charge in [-0.25, -0.2) is 4.98 Å². The Kier molecular flexibility index (Phi) is 8.10. The number of terminal acetylenes is 1. The number of hydrogen-bond donors (Lipinski definition) is 0. The molecule has 2 aromatic carbocycles. The topological polar surface area (TPSA) is 30.7 Å². The Labute approximate surface area is 232 Å². The summed E-state index contributed by atoms with van der Waals surface area (Å²) in [6.07, 6.45) is 12.6. The zero-order valence-electron chi connectivity index (χ0n) is 23.1. The lowest BCUT2D eigenvalue weighted by molar-refractivity contribution is 0.419. The van der Waals surface area contributed by atoms with E-state index in [1.54, 1.807) is 6.20 Å². The van der Waals surface area contributed by atoms with Crippen LogP contribution in [-0.4, -0.2) is 14.5 Å². The molecule has 5 aromatic rings. The monoisotopic (exact) mass is 509 g/mol. The quantitative estimate of drug-likeness (QED) is 0.196. The largest absolute Gasteiger partial charge is 0.340 e. The molecule has 39 heavy (non-hydrogen) atoms. The highest BCUT2D eigenvalue weighted by Crippen LogP contribution is 2.31. The van der Waals surface area contributed by atoms with Crippen molar-refractivity contribution < 1.29 is 0 Å². The van der Waals surface area contributed by atoms with Gasteiger partial charge in [0, 0.05) is 45.7 Å². The van der Waals surface area contributed by atoms with Crippen LogP contribution >= 0.6 is 0 Å². The van der Waals surface area contributed by atoms with Crippen LogP contribution in [0.25, 0.3) is 33.2 Å². The average Bonchev–Trinajstić information content (AvgIpc) is 3.27. The number of hydrogen-bond acceptors (Lipinski definition) is 2. The summed E-state index contributed by atoms with van der Waals surface area (Å²) >= 11 is 0. The standard InChI is InChI=1S/C36H35N3/c1-5-28-16-19-35-31(24-28)32-25-29(15-18-30-12-9-14-34(38-30)33-13-6-7-22-37-33)17-20-36(32)39(35)23-21-27(4)11-8-10-26(2)3/h1,6-7,9,12-14,16-17,19-20,22,24-27H,8,10-11,21,23H2,2-4H3/t27-/m1/s1. The van der Waals surface area contributed by atoms with Crippen LogP contribution in [0.1, 0.15) is 63.3 Å². The summed E-state index contributed by atoms with van der Waals surface area (Å²) in [4.78, 5) is 9.11. The van der Waals surface area contributed by atoms with Crippen LogP contribution in [0, 0.1) is 36.0 Å². The maximum Gasteiger partial charge on any atom is 0.114 e. The van der Waals surface area contributed by atoms with Gasteiger partial charge in [0.15, 0.2) is 0 Å². The Morgan fingerprint density at radius 2 is 1.51 bits per heavy atom. The molecule has 0 fully saturated rings. The third-order valence-electron chi connectivity index (χ3n) is 7.37. The Hall–Kier alpha value is -4.34. The second-order valence-corrected chi connectivity index (χ2v) is 10.9. The van der Waals surface area contributed by atoms with Gasteiger partial charge in [-0.1, -0.05) is 64.0 Å². The second-order valence-electron chi connectivity index (χ2n) is 10.9. The Balaban J connectivity index is 1.45. The molecular weight excluding hydrogens is 474 g/mol. The average molecular weight is 510 g/mol. The fraction of sp³-hybridized carbons (Fsp3) is 0.278. The van der Waals surface area contributed by atoms with E-state index >= 15 is 0 Å². The van der Waals surface area contributed by atoms with Gasteiger partial charge in [-0.2, -0.15) is 0 Å². The van der Waals surface area contributed by atoms with Gasteiger partial charge >= 0.3 is 0 Å². The minimum atomic E-state index is 0.695. The van der Waals surface area contributed by atoms with Crippen molar-refractivity contribution in [2.75, 3.05) is 0 Å². The Morgan fingerprint density at radius 1 is 0.769 bits per heavy atom. The molecule has 0 N–H and O–H groups in total. The van der Waals surface area contributed by atoms with Crippen LogP contribution in [0.4, 0.5) is 0 Å². The van der Waals surface area contributed by atoms with Crippen molar-refractivity contribution in [1.82, 2.24) is 14.5 Å². The molecule has 0 saturated heterocycles. The SMILES string of the molecule is C#Cc1ccc2c(c1)c1cc(C#Cc3cccc(-c4ccccn4)n3)ccc1n2CC[C@H](C)CCCC(C)C. The molecule has 0 aliphatic carbocycles. The molecule has 3 heteroatoms. The molecular formula is C36H35N3. The van der Waals surface area contributed by atoms with Gasteiger partial charge in [-0.3, -0.25) is 4.98 Å². The van der Waals surface area contributed by atoms with Crippen molar-refractivity contribution in [3.63, 3.8) is 0 Å². The number of pyridine rings is 2. The van der Waals surface area contributed by atoms with Gasteiger partial charge in [-0.15, -0.1) is 6.42 Å². The summed E-state index contributed by atoms with van der Waals surface area (Å²) < 4.78 is 2.46. The van der Waals surface area contributed by atoms with Gasteiger partial charge in [0.25, 0.3) is 0 Å². The van der Waals surface area contributed by atoms with E-state index < -0.39 is 0 Å². The van der Waals surface area contributed by atoms with E-state index in [0.29, 0.717) is 5.92 Å². The maximum absolute atomic E-state index is 5.76. The third-order valence-corrected chi connectivity index (χ3v) is 7.37. The first-order valence-electron chi connectivity index (χ1n) is 13.9. The molecule has 5 rings (SSSR count). The highest BCUT2D eigenvalue weighted by atomic mass is 15.0. The van der Waals surface area contributed by atoms with Crippen molar-refractivity contribution in [2.45, 2.75) is 53.0 Å². The molecule has 0 spiro atoms. The van der Waals surface area contributed by atoms with E-state index in [1.807, 2.05) is 42.5 Å². The first-order chi connectivity index (χ1) is 19.0. The van der Waals surface area contributed by atoms with Crippen molar-refractivity contribution in [3.8, 4) is 35.6 Å². The van der Waals surface area contributed by atoms with Crippen LogP contribution in [0.5, 0.6) is 0 Å². The Morgan fingerprint density at radius 3 is 2.23 bits per heavy atom. The number of nitrogens with zero attached hydrogens (tertiary/aromatic N) is 3. The van der Waals surface area contributed by atoms with Gasteiger partial charge < -0.3 is 4.57 Å². The van der Waals surface area contributed by atoms with Crippen molar-refractivity contribution in [1.29, 1.82) is 0 Å². The minimum absolute atomic E-state index is 0.695. The van der Waals surface area contributed by atoms with E-state index in [1.165, 1.54) is 41.1 Å². The van der Waals surface area contributed by atoms with Gasteiger partial charge in [0.05, 0.1) is 11.4 Å². The molecule has 0 aliphatic heterocycles. The smallest absolute Gasteiger partial charge is 0.114 e. The lowest BCUT2D eigenvalue weighted by atomic mass is 9.97. The normalized spacial score (nSPS) is 11.9. The van der Waals surface area contributed by atoms with Gasteiger partial charge in [0.1, 0.15) is 5.69 Å². The molecule has 0 saturated carbocycles. The molecule has 0 radical (unpaired) electrons. The number of rotatable bonds is 8. The first kappa shape index (κ1) is 26.3. The molecule has 3 aromatic heterocycles. The molecule has 0 aliphatic rings. The molecule has 0 bridgehead atoms. The Bertz CT molecular complexity index is 1690. The fourth-order valence-corrected chi connectivity index (χ4v) is 5.18. The van der Waals surface area contributed by atoms with Crippen molar-refractivity contribution in [3.05, 3.63) is 95.8 Å². The van der Waals surface area contributed by atoms with Crippen molar-refractivity contribution >= 4 is 21.8 Å². The number of benzene rings is 2. The van der Waals surface area contributed by atoms with E-state index in [0.717, 1.165) is 47.1 Å². The van der Waals surface area contributed by atoms with Gasteiger partial charge in [-0.05, 0) is 84.8 Å². The highest BCUT2D eigenvalue weighted by molar-refractivity contribution is 6.09. The fourth-order valence-electron chi connectivity index (χ4n) is 5.18. The maximum atomic E-state index is 5.76. The van der Waals surface area contributed by atoms with E-state index in [9.17, 15) is 0 Å². The van der Waals surface area contributed by atoms with Crippen molar-refractivity contribution in [2.24, 2.45) is 11.8 Å². The number of aromatic nitrogens is 3. The molecule has 194 valence electrons. The summed E-state index contributed by atoms with van der Waals surface area (Å²) in [6, 6.07) is 24.6. The first-order valence-corrected chi connectivity index (χ1v) is 13.9. The summed E-state index contributed by atoms with van der Waals surface area (Å²) in [7, 11) is 0. The predicted molar refractivity (Wildman–Crippen MR) is 163 cm³/mol. The lowest BCUT2D eigenvalue weighted by Gasteiger charge is -2.14. The molecule has 0 unspecified atom stereocenters. The summed E-state index contributed by atoms with van der Waals surface area (Å²) in [5.41, 5.74) is 6.70. The van der Waals surface area contributed by atoms with Crippen LogP contribution in [0.2, 0.25) is 0 Å². The van der Waals surface area contributed by atoms with Crippen LogP contribution in [-0.2, 0) is 6.54 Å².